The molecule has 5 rings (SSSR count). The Bertz CT molecular complexity index is 1570. The fourth-order valence-corrected chi connectivity index (χ4v) is 4.83. The molecule has 8 heteroatoms. The molecule has 0 spiro atoms. The number of aryl methyl sites for hydroxylation is 2. The number of halogens is 1. The summed E-state index contributed by atoms with van der Waals surface area (Å²) in [7, 11) is 4.50. The van der Waals surface area contributed by atoms with Gasteiger partial charge in [0, 0.05) is 6.54 Å². The number of ether oxygens (including phenoxy) is 3. The fraction of sp³-hybridized carbons (Fsp3) is 0.241. The summed E-state index contributed by atoms with van der Waals surface area (Å²) in [6, 6.07) is 12.1. The van der Waals surface area contributed by atoms with Crippen molar-refractivity contribution in [3.63, 3.8) is 0 Å². The number of rotatable bonds is 6. The summed E-state index contributed by atoms with van der Waals surface area (Å²) in [4.78, 5) is 29.2. The number of carbonyl (C=O) groups is 1. The zero-order valence-electron chi connectivity index (χ0n) is 21.2. The maximum atomic E-state index is 13.9. The van der Waals surface area contributed by atoms with E-state index in [1.54, 1.807) is 41.3 Å². The molecule has 0 bridgehead atoms. The first kappa shape index (κ1) is 24.4. The average Bonchev–Trinajstić information content (AvgIpc) is 3.17. The third kappa shape index (κ3) is 3.98. The van der Waals surface area contributed by atoms with E-state index in [9.17, 15) is 14.0 Å². The summed E-state index contributed by atoms with van der Waals surface area (Å²) in [5.74, 6) is 0.332. The molecule has 1 aliphatic heterocycles. The second kappa shape index (κ2) is 9.28. The maximum absolute atomic E-state index is 13.9. The number of nitrogens with zero attached hydrogens (tertiary/aromatic N) is 1. The van der Waals surface area contributed by atoms with Crippen LogP contribution in [0.2, 0.25) is 0 Å². The van der Waals surface area contributed by atoms with Crippen LogP contribution in [0.1, 0.15) is 44.4 Å². The first-order chi connectivity index (χ1) is 17.8. The number of hydrogen-bond acceptors (Lipinski definition) is 6. The summed E-state index contributed by atoms with van der Waals surface area (Å²) in [5, 5.41) is 0.399. The predicted molar refractivity (Wildman–Crippen MR) is 136 cm³/mol. The Morgan fingerprint density at radius 1 is 0.892 bits per heavy atom. The van der Waals surface area contributed by atoms with Crippen LogP contribution in [0, 0.1) is 19.7 Å². The molecule has 1 aromatic heterocycles. The fourth-order valence-electron chi connectivity index (χ4n) is 4.83. The Morgan fingerprint density at radius 2 is 1.51 bits per heavy atom. The molecule has 1 unspecified atom stereocenters. The highest BCUT2D eigenvalue weighted by atomic mass is 19.1. The molecule has 3 aromatic carbocycles. The zero-order chi connectivity index (χ0) is 26.4. The van der Waals surface area contributed by atoms with Gasteiger partial charge in [-0.1, -0.05) is 12.1 Å². The lowest BCUT2D eigenvalue weighted by Gasteiger charge is -2.26. The Kier molecular flexibility index (Phi) is 6.11. The minimum absolute atomic E-state index is 0.0124. The highest BCUT2D eigenvalue weighted by Gasteiger charge is 2.43. The lowest BCUT2D eigenvalue weighted by Crippen LogP contribution is -2.29. The van der Waals surface area contributed by atoms with E-state index >= 15 is 0 Å². The molecule has 0 fully saturated rings. The normalized spacial score (nSPS) is 14.7. The molecule has 1 aliphatic rings. The molecular formula is C29H26FNO6. The quantitative estimate of drug-likeness (QED) is 0.354. The van der Waals surface area contributed by atoms with Gasteiger partial charge >= 0.3 is 0 Å². The largest absolute Gasteiger partial charge is 0.493 e. The Balaban J connectivity index is 1.77. The predicted octanol–water partition coefficient (Wildman–Crippen LogP) is 5.32. The van der Waals surface area contributed by atoms with E-state index < -0.39 is 11.9 Å². The average molecular weight is 504 g/mol. The highest BCUT2D eigenvalue weighted by molar-refractivity contribution is 5.99. The summed E-state index contributed by atoms with van der Waals surface area (Å²) in [5.41, 5.74) is 3.47. The van der Waals surface area contributed by atoms with Crippen molar-refractivity contribution in [1.82, 2.24) is 4.90 Å². The summed E-state index contributed by atoms with van der Waals surface area (Å²) in [6.45, 7) is 3.96. The monoisotopic (exact) mass is 503 g/mol. The molecule has 0 radical (unpaired) electrons. The number of benzene rings is 3. The molecule has 7 nitrogen and oxygen atoms in total. The number of carbonyl (C=O) groups excluding carboxylic acids is 1. The third-order valence-corrected chi connectivity index (χ3v) is 6.85. The van der Waals surface area contributed by atoms with E-state index in [-0.39, 0.29) is 29.1 Å². The van der Waals surface area contributed by atoms with Crippen molar-refractivity contribution in [1.29, 1.82) is 0 Å². The van der Waals surface area contributed by atoms with Crippen LogP contribution in [0.15, 0.2) is 57.7 Å². The third-order valence-electron chi connectivity index (χ3n) is 6.85. The van der Waals surface area contributed by atoms with Gasteiger partial charge in [0.15, 0.2) is 16.9 Å². The lowest BCUT2D eigenvalue weighted by atomic mass is 9.96. The molecular weight excluding hydrogens is 477 g/mol. The van der Waals surface area contributed by atoms with Crippen LogP contribution in [-0.4, -0.2) is 32.1 Å². The SMILES string of the molecule is COc1cc(C2c3c(oc4cc(C)c(C)cc4c3=O)C(=O)N2Cc2ccc(F)cc2)cc(OC)c1OC. The number of fused-ring (bicyclic) bond motifs is 2. The molecule has 1 atom stereocenters. The Labute approximate surface area is 213 Å². The summed E-state index contributed by atoms with van der Waals surface area (Å²) >= 11 is 0. The molecule has 190 valence electrons. The lowest BCUT2D eigenvalue weighted by molar-refractivity contribution is 0.0714. The van der Waals surface area contributed by atoms with E-state index in [0.29, 0.717) is 39.3 Å². The van der Waals surface area contributed by atoms with Crippen molar-refractivity contribution in [2.24, 2.45) is 0 Å². The molecule has 1 amide bonds. The van der Waals surface area contributed by atoms with Gasteiger partial charge in [-0.3, -0.25) is 9.59 Å². The van der Waals surface area contributed by atoms with Crippen LogP contribution in [-0.2, 0) is 6.54 Å². The molecule has 0 aliphatic carbocycles. The molecule has 2 heterocycles. The van der Waals surface area contributed by atoms with Crippen molar-refractivity contribution >= 4 is 16.9 Å². The van der Waals surface area contributed by atoms with Crippen molar-refractivity contribution < 1.29 is 27.8 Å². The van der Waals surface area contributed by atoms with Gasteiger partial charge in [0.05, 0.1) is 38.3 Å². The van der Waals surface area contributed by atoms with Crippen molar-refractivity contribution in [2.45, 2.75) is 26.4 Å². The topological polar surface area (TPSA) is 78.2 Å². The summed E-state index contributed by atoms with van der Waals surface area (Å²) < 4.78 is 36.2. The van der Waals surface area contributed by atoms with Crippen LogP contribution in [0.3, 0.4) is 0 Å². The minimum atomic E-state index is -0.802. The van der Waals surface area contributed by atoms with Gasteiger partial charge < -0.3 is 23.5 Å². The first-order valence-corrected chi connectivity index (χ1v) is 11.7. The maximum Gasteiger partial charge on any atom is 0.291 e. The van der Waals surface area contributed by atoms with Crippen LogP contribution in [0.4, 0.5) is 4.39 Å². The second-order valence-electron chi connectivity index (χ2n) is 9.03. The number of hydrogen-bond donors (Lipinski definition) is 0. The van der Waals surface area contributed by atoms with Crippen molar-refractivity contribution in [2.75, 3.05) is 21.3 Å². The molecule has 0 N–H and O–H groups in total. The van der Waals surface area contributed by atoms with Gasteiger partial charge in [0.1, 0.15) is 11.4 Å². The van der Waals surface area contributed by atoms with Crippen LogP contribution >= 0.6 is 0 Å². The van der Waals surface area contributed by atoms with Crippen molar-refractivity contribution in [3.05, 3.63) is 98.1 Å². The van der Waals surface area contributed by atoms with Crippen LogP contribution in [0.25, 0.3) is 11.0 Å². The smallest absolute Gasteiger partial charge is 0.291 e. The first-order valence-electron chi connectivity index (χ1n) is 11.7. The van der Waals surface area contributed by atoms with E-state index in [1.165, 1.54) is 33.5 Å². The molecule has 4 aromatic rings. The highest BCUT2D eigenvalue weighted by Crippen LogP contribution is 2.45. The molecule has 37 heavy (non-hydrogen) atoms. The second-order valence-corrected chi connectivity index (χ2v) is 9.03. The zero-order valence-corrected chi connectivity index (χ0v) is 21.2. The summed E-state index contributed by atoms with van der Waals surface area (Å²) in [6.07, 6.45) is 0. The minimum Gasteiger partial charge on any atom is -0.493 e. The van der Waals surface area contributed by atoms with Gasteiger partial charge in [0.25, 0.3) is 5.91 Å². The van der Waals surface area contributed by atoms with Crippen molar-refractivity contribution in [3.8, 4) is 17.2 Å². The van der Waals surface area contributed by atoms with Gasteiger partial charge in [-0.15, -0.1) is 0 Å². The molecule has 0 saturated carbocycles. The van der Waals surface area contributed by atoms with E-state index in [1.807, 2.05) is 13.8 Å². The van der Waals surface area contributed by atoms with Crippen LogP contribution < -0.4 is 19.6 Å². The van der Waals surface area contributed by atoms with E-state index in [0.717, 1.165) is 11.1 Å². The Hall–Kier alpha value is -4.33. The van der Waals surface area contributed by atoms with E-state index in [2.05, 4.69) is 0 Å². The van der Waals surface area contributed by atoms with Crippen LogP contribution in [0.5, 0.6) is 17.2 Å². The van der Waals surface area contributed by atoms with Gasteiger partial charge in [0.2, 0.25) is 11.5 Å². The number of methoxy groups -OCH3 is 3. The Morgan fingerprint density at radius 3 is 2.11 bits per heavy atom. The number of amides is 1. The van der Waals surface area contributed by atoms with E-state index in [4.69, 9.17) is 18.6 Å². The molecule has 0 saturated heterocycles. The van der Waals surface area contributed by atoms with Gasteiger partial charge in [-0.05, 0) is 72.5 Å². The van der Waals surface area contributed by atoms with Gasteiger partial charge in [-0.2, -0.15) is 0 Å². The van der Waals surface area contributed by atoms with Gasteiger partial charge in [-0.25, -0.2) is 4.39 Å². The standard InChI is InChI=1S/C29H26FNO6/c1-15-10-20-21(11-16(15)2)37-28-24(26(20)32)25(18-12-22(34-3)27(36-5)23(13-18)35-4)31(29(28)33)14-17-6-8-19(30)9-7-17/h6-13,25H,14H2,1-5H3.